The number of aryl methyl sites for hydroxylation is 3. The predicted octanol–water partition coefficient (Wildman–Crippen LogP) is 6.03. The predicted molar refractivity (Wildman–Crippen MR) is 112 cm³/mol. The maximum Gasteiger partial charge on any atom is 0.220 e. The van der Waals surface area contributed by atoms with Gasteiger partial charge in [-0.15, -0.1) is 0 Å². The fraction of sp³-hybridized carbons (Fsp3) is 0.240. The van der Waals surface area contributed by atoms with Crippen molar-refractivity contribution in [3.8, 4) is 11.3 Å². The molecule has 0 radical (unpaired) electrons. The monoisotopic (exact) mass is 341 g/mol. The smallest absolute Gasteiger partial charge is 0.198 e. The van der Waals surface area contributed by atoms with Gasteiger partial charge in [0.1, 0.15) is 7.05 Å². The highest BCUT2D eigenvalue weighted by molar-refractivity contribution is 6.11. The van der Waals surface area contributed by atoms with E-state index in [2.05, 4.69) is 88.7 Å². The third-order valence-electron chi connectivity index (χ3n) is 5.75. The van der Waals surface area contributed by atoms with Crippen molar-refractivity contribution in [2.75, 3.05) is 0 Å². The highest BCUT2D eigenvalue weighted by atomic mass is 14.9. The molecule has 0 saturated carbocycles. The summed E-state index contributed by atoms with van der Waals surface area (Å²) < 4.78 is 11.0. The second-order valence-corrected chi connectivity index (χ2v) is 7.53. The molecule has 0 atom stereocenters. The normalized spacial score (nSPS) is 12.0. The minimum atomic E-state index is 0.620. The highest BCUT2D eigenvalue weighted by Crippen LogP contribution is 2.35. The van der Waals surface area contributed by atoms with Crippen LogP contribution in [0, 0.1) is 34.6 Å². The molecular formula is C25H26N+. The highest BCUT2D eigenvalue weighted by Gasteiger charge is 2.21. The van der Waals surface area contributed by atoms with Gasteiger partial charge in [0.25, 0.3) is 0 Å². The van der Waals surface area contributed by atoms with E-state index in [1.165, 1.54) is 44.3 Å². The lowest BCUT2D eigenvalue weighted by molar-refractivity contribution is -0.665. The zero-order chi connectivity index (χ0) is 19.5. The summed E-state index contributed by atoms with van der Waals surface area (Å²) in [5.74, 6) is 0. The van der Waals surface area contributed by atoms with Crippen LogP contribution in [-0.4, -0.2) is 0 Å². The average molecular weight is 341 g/mol. The standard InChI is InChI=1S/C25H26N/c1-15-12-17(3)19(5)23(13-15)25-22-11-10-20-16(2)8-7-9-21(20)24(22)14-18(4)26(25)6/h7-14H,1-6H3/q+1/i14D. The molecule has 0 fully saturated rings. The zero-order valence-corrected chi connectivity index (χ0v) is 16.5. The molecule has 0 spiro atoms. The van der Waals surface area contributed by atoms with E-state index in [1.807, 2.05) is 0 Å². The van der Waals surface area contributed by atoms with Crippen molar-refractivity contribution in [2.45, 2.75) is 34.6 Å². The molecule has 3 aromatic carbocycles. The quantitative estimate of drug-likeness (QED) is 0.294. The second-order valence-electron chi connectivity index (χ2n) is 7.53. The molecule has 0 bridgehead atoms. The maximum absolute atomic E-state index is 8.86. The van der Waals surface area contributed by atoms with Crippen LogP contribution in [0.15, 0.2) is 48.5 Å². The number of nitrogens with zero attached hydrogens (tertiary/aromatic N) is 1. The van der Waals surface area contributed by atoms with Gasteiger partial charge in [0.2, 0.25) is 5.69 Å². The fourth-order valence-electron chi connectivity index (χ4n) is 4.07. The first-order valence-electron chi connectivity index (χ1n) is 9.70. The van der Waals surface area contributed by atoms with E-state index in [0.717, 1.165) is 16.5 Å². The van der Waals surface area contributed by atoms with Gasteiger partial charge < -0.3 is 0 Å². The zero-order valence-electron chi connectivity index (χ0n) is 17.5. The Labute approximate surface area is 157 Å². The molecule has 26 heavy (non-hydrogen) atoms. The molecule has 0 saturated heterocycles. The molecule has 1 nitrogen and oxygen atoms in total. The van der Waals surface area contributed by atoms with E-state index < -0.39 is 0 Å². The van der Waals surface area contributed by atoms with Crippen LogP contribution in [0.25, 0.3) is 32.8 Å². The van der Waals surface area contributed by atoms with Crippen LogP contribution in [0.5, 0.6) is 0 Å². The molecule has 0 aliphatic heterocycles. The number of benzene rings is 3. The molecule has 4 aromatic rings. The van der Waals surface area contributed by atoms with E-state index in [4.69, 9.17) is 1.37 Å². The van der Waals surface area contributed by atoms with Crippen LogP contribution < -0.4 is 4.57 Å². The van der Waals surface area contributed by atoms with E-state index in [1.54, 1.807) is 0 Å². The largest absolute Gasteiger partial charge is 0.220 e. The third kappa shape index (κ3) is 2.42. The van der Waals surface area contributed by atoms with Crippen LogP contribution in [0.1, 0.15) is 29.3 Å². The Morgan fingerprint density at radius 3 is 2.27 bits per heavy atom. The topological polar surface area (TPSA) is 3.88 Å². The number of rotatable bonds is 1. The molecule has 1 heteroatoms. The minimum Gasteiger partial charge on any atom is -0.198 e. The first-order chi connectivity index (χ1) is 12.8. The maximum atomic E-state index is 8.86. The lowest BCUT2D eigenvalue weighted by Gasteiger charge is -2.14. The molecule has 0 amide bonds. The van der Waals surface area contributed by atoms with Crippen molar-refractivity contribution in [3.05, 3.63) is 76.5 Å². The first kappa shape index (κ1) is 15.6. The van der Waals surface area contributed by atoms with Crippen LogP contribution in [0.3, 0.4) is 0 Å². The van der Waals surface area contributed by atoms with Gasteiger partial charge in [0, 0.05) is 18.4 Å². The first-order valence-corrected chi connectivity index (χ1v) is 9.20. The molecule has 0 aliphatic carbocycles. The summed E-state index contributed by atoms with van der Waals surface area (Å²) in [6.45, 7) is 10.7. The van der Waals surface area contributed by atoms with Crippen LogP contribution in [0.4, 0.5) is 0 Å². The minimum absolute atomic E-state index is 0.620. The van der Waals surface area contributed by atoms with E-state index in [-0.39, 0.29) is 0 Å². The summed E-state index contributed by atoms with van der Waals surface area (Å²) in [4.78, 5) is 0. The van der Waals surface area contributed by atoms with Crippen LogP contribution >= 0.6 is 0 Å². The van der Waals surface area contributed by atoms with Crippen molar-refractivity contribution in [2.24, 2.45) is 7.05 Å². The summed E-state index contributed by atoms with van der Waals surface area (Å²) in [7, 11) is 2.08. The van der Waals surface area contributed by atoms with Gasteiger partial charge in [-0.05, 0) is 67.3 Å². The molecule has 0 N–H and O–H groups in total. The van der Waals surface area contributed by atoms with Gasteiger partial charge in [-0.25, -0.2) is 0 Å². The van der Waals surface area contributed by atoms with Crippen molar-refractivity contribution in [1.29, 1.82) is 0 Å². The Balaban J connectivity index is 2.27. The molecular weight excluding hydrogens is 314 g/mol. The van der Waals surface area contributed by atoms with Crippen LogP contribution in [-0.2, 0) is 7.05 Å². The molecule has 4 rings (SSSR count). The van der Waals surface area contributed by atoms with Gasteiger partial charge in [0.15, 0.2) is 5.69 Å². The summed E-state index contributed by atoms with van der Waals surface area (Å²) in [6, 6.07) is 15.9. The van der Waals surface area contributed by atoms with Crippen molar-refractivity contribution < 1.29 is 5.94 Å². The lowest BCUT2D eigenvalue weighted by atomic mass is 9.92. The van der Waals surface area contributed by atoms with E-state index >= 15 is 0 Å². The number of pyridine rings is 1. The Hall–Kier alpha value is -2.67. The Morgan fingerprint density at radius 2 is 1.50 bits per heavy atom. The average Bonchev–Trinajstić information content (AvgIpc) is 2.63. The second kappa shape index (κ2) is 5.95. The molecule has 0 aliphatic rings. The number of aromatic nitrogens is 1. The third-order valence-corrected chi connectivity index (χ3v) is 5.75. The van der Waals surface area contributed by atoms with Crippen molar-refractivity contribution in [1.82, 2.24) is 0 Å². The molecule has 1 heterocycles. The van der Waals surface area contributed by atoms with Gasteiger partial charge in [-0.2, -0.15) is 4.57 Å². The van der Waals surface area contributed by atoms with E-state index in [9.17, 15) is 0 Å². The fourth-order valence-corrected chi connectivity index (χ4v) is 4.07. The lowest BCUT2D eigenvalue weighted by Crippen LogP contribution is -2.35. The number of hydrogen-bond acceptors (Lipinski definition) is 0. The Morgan fingerprint density at radius 1 is 0.769 bits per heavy atom. The van der Waals surface area contributed by atoms with Crippen LogP contribution in [0.2, 0.25) is 0 Å². The van der Waals surface area contributed by atoms with Crippen molar-refractivity contribution >= 4 is 21.5 Å². The molecule has 1 aromatic heterocycles. The number of hydrogen-bond donors (Lipinski definition) is 0. The van der Waals surface area contributed by atoms with Gasteiger partial charge in [-0.3, -0.25) is 0 Å². The van der Waals surface area contributed by atoms with Gasteiger partial charge in [-0.1, -0.05) is 35.9 Å². The Kier molecular flexibility index (Phi) is 3.56. The summed E-state index contributed by atoms with van der Waals surface area (Å²) in [5, 5.41) is 4.61. The van der Waals surface area contributed by atoms with E-state index in [0.29, 0.717) is 6.04 Å². The van der Waals surface area contributed by atoms with Gasteiger partial charge in [0.05, 0.1) is 12.3 Å². The SMILES string of the molecule is [2H]c1c(C)[n+](C)c(-c2cc(C)cc(C)c2C)c2ccc3c(C)cccc3c12. The summed E-state index contributed by atoms with van der Waals surface area (Å²) in [5.41, 5.74) is 8.59. The summed E-state index contributed by atoms with van der Waals surface area (Å²) in [6.07, 6.45) is 0. The van der Waals surface area contributed by atoms with Gasteiger partial charge >= 0.3 is 0 Å². The Bertz CT molecular complexity index is 1230. The molecule has 0 unspecified atom stereocenters. The number of fused-ring (bicyclic) bond motifs is 3. The summed E-state index contributed by atoms with van der Waals surface area (Å²) >= 11 is 0. The van der Waals surface area contributed by atoms with Crippen molar-refractivity contribution in [3.63, 3.8) is 0 Å². The molecule has 130 valence electrons.